The van der Waals surface area contributed by atoms with Crippen molar-refractivity contribution in [3.8, 4) is 0 Å². The lowest BCUT2D eigenvalue weighted by atomic mass is 9.96. The highest BCUT2D eigenvalue weighted by Crippen LogP contribution is 2.39. The summed E-state index contributed by atoms with van der Waals surface area (Å²) in [5.41, 5.74) is 5.39. The zero-order valence-corrected chi connectivity index (χ0v) is 10.4. The lowest BCUT2D eigenvalue weighted by Crippen LogP contribution is -2.34. The Labute approximate surface area is 106 Å². The molecule has 2 aromatic heterocycles. The molecule has 1 aliphatic rings. The van der Waals surface area contributed by atoms with Crippen molar-refractivity contribution >= 4 is 0 Å². The zero-order chi connectivity index (χ0) is 12.5. The first-order valence-electron chi connectivity index (χ1n) is 6.18. The number of nitrogens with one attached hydrogen (secondary N) is 1. The Morgan fingerprint density at radius 3 is 3.06 bits per heavy atom. The number of aryl methyl sites for hydroxylation is 2. The van der Waals surface area contributed by atoms with Gasteiger partial charge in [0.1, 0.15) is 5.82 Å². The Kier molecular flexibility index (Phi) is 2.85. The van der Waals surface area contributed by atoms with Crippen molar-refractivity contribution in [2.45, 2.75) is 24.8 Å². The standard InChI is InChI=1S/C13H17N5/c1-18-8-7-16-13(18)12(17-14)10-5-4-9-3-2-6-15-11(9)10/h2-3,6-8,10,12,17H,4-5,14H2,1H3. The lowest BCUT2D eigenvalue weighted by molar-refractivity contribution is 0.418. The molecule has 3 N–H and O–H groups in total. The fourth-order valence-electron chi connectivity index (χ4n) is 2.82. The smallest absolute Gasteiger partial charge is 0.127 e. The zero-order valence-electron chi connectivity index (χ0n) is 10.4. The van der Waals surface area contributed by atoms with Crippen LogP contribution in [0.15, 0.2) is 30.7 Å². The van der Waals surface area contributed by atoms with Gasteiger partial charge in [0.25, 0.3) is 0 Å². The number of imidazole rings is 1. The number of hydrazine groups is 1. The quantitative estimate of drug-likeness (QED) is 0.624. The average molecular weight is 243 g/mol. The number of rotatable bonds is 3. The van der Waals surface area contributed by atoms with Gasteiger partial charge in [0.2, 0.25) is 0 Å². The predicted octanol–water partition coefficient (Wildman–Crippen LogP) is 1.05. The number of nitrogens with zero attached hydrogens (tertiary/aromatic N) is 3. The molecule has 0 amide bonds. The summed E-state index contributed by atoms with van der Waals surface area (Å²) in [6.07, 6.45) is 7.72. The molecular formula is C13H17N5. The van der Waals surface area contributed by atoms with Crippen LogP contribution in [0.25, 0.3) is 0 Å². The molecule has 5 heteroatoms. The molecule has 3 rings (SSSR count). The van der Waals surface area contributed by atoms with Gasteiger partial charge in [-0.2, -0.15) is 0 Å². The van der Waals surface area contributed by atoms with Gasteiger partial charge in [0, 0.05) is 37.3 Å². The van der Waals surface area contributed by atoms with E-state index in [1.807, 2.05) is 30.1 Å². The van der Waals surface area contributed by atoms with Crippen LogP contribution >= 0.6 is 0 Å². The largest absolute Gasteiger partial charge is 0.337 e. The van der Waals surface area contributed by atoms with E-state index < -0.39 is 0 Å². The molecule has 0 saturated heterocycles. The van der Waals surface area contributed by atoms with Gasteiger partial charge in [0.05, 0.1) is 6.04 Å². The van der Waals surface area contributed by atoms with Crippen LogP contribution in [0, 0.1) is 0 Å². The highest BCUT2D eigenvalue weighted by atomic mass is 15.3. The van der Waals surface area contributed by atoms with Crippen molar-refractivity contribution in [2.24, 2.45) is 12.9 Å². The van der Waals surface area contributed by atoms with E-state index >= 15 is 0 Å². The molecule has 2 heterocycles. The second-order valence-corrected chi connectivity index (χ2v) is 4.73. The fourth-order valence-corrected chi connectivity index (χ4v) is 2.82. The van der Waals surface area contributed by atoms with Crippen molar-refractivity contribution in [1.82, 2.24) is 20.0 Å². The van der Waals surface area contributed by atoms with Crippen LogP contribution in [-0.4, -0.2) is 14.5 Å². The van der Waals surface area contributed by atoms with E-state index in [0.717, 1.165) is 24.4 Å². The van der Waals surface area contributed by atoms with E-state index in [0.29, 0.717) is 5.92 Å². The molecule has 2 aromatic rings. The number of hydrogen-bond acceptors (Lipinski definition) is 4. The molecule has 94 valence electrons. The maximum atomic E-state index is 5.74. The predicted molar refractivity (Wildman–Crippen MR) is 68.6 cm³/mol. The van der Waals surface area contributed by atoms with Gasteiger partial charge in [0.15, 0.2) is 0 Å². The van der Waals surface area contributed by atoms with Crippen molar-refractivity contribution in [2.75, 3.05) is 0 Å². The molecule has 5 nitrogen and oxygen atoms in total. The van der Waals surface area contributed by atoms with Crippen molar-refractivity contribution in [3.05, 3.63) is 47.8 Å². The molecule has 0 spiro atoms. The monoisotopic (exact) mass is 243 g/mol. The minimum atomic E-state index is 0.0150. The summed E-state index contributed by atoms with van der Waals surface area (Å²) in [7, 11) is 1.99. The minimum Gasteiger partial charge on any atom is -0.337 e. The minimum absolute atomic E-state index is 0.0150. The Bertz CT molecular complexity index is 548. The van der Waals surface area contributed by atoms with Crippen LogP contribution in [-0.2, 0) is 13.5 Å². The van der Waals surface area contributed by atoms with E-state index in [1.54, 1.807) is 6.20 Å². The molecule has 0 aromatic carbocycles. The third-order valence-electron chi connectivity index (χ3n) is 3.72. The Balaban J connectivity index is 1.98. The molecule has 18 heavy (non-hydrogen) atoms. The average Bonchev–Trinajstić information content (AvgIpc) is 2.99. The van der Waals surface area contributed by atoms with Gasteiger partial charge >= 0.3 is 0 Å². The molecule has 0 bridgehead atoms. The van der Waals surface area contributed by atoms with Gasteiger partial charge in [-0.05, 0) is 24.5 Å². The summed E-state index contributed by atoms with van der Waals surface area (Å²) in [5.74, 6) is 7.00. The van der Waals surface area contributed by atoms with Crippen LogP contribution < -0.4 is 11.3 Å². The molecule has 1 aliphatic carbocycles. The van der Waals surface area contributed by atoms with Crippen LogP contribution in [0.4, 0.5) is 0 Å². The van der Waals surface area contributed by atoms with Crippen LogP contribution in [0.1, 0.15) is 35.5 Å². The van der Waals surface area contributed by atoms with E-state index in [9.17, 15) is 0 Å². The summed E-state index contributed by atoms with van der Waals surface area (Å²) in [6.45, 7) is 0. The number of fused-ring (bicyclic) bond motifs is 1. The maximum absolute atomic E-state index is 5.74. The normalized spacial score (nSPS) is 19.8. The second kappa shape index (κ2) is 4.51. The van der Waals surface area contributed by atoms with Crippen molar-refractivity contribution < 1.29 is 0 Å². The highest BCUT2D eigenvalue weighted by molar-refractivity contribution is 5.31. The van der Waals surface area contributed by atoms with Gasteiger partial charge < -0.3 is 4.57 Å². The molecule has 0 radical (unpaired) electrons. The Hall–Kier alpha value is -1.72. The summed E-state index contributed by atoms with van der Waals surface area (Å²) < 4.78 is 2.01. The number of aromatic nitrogens is 3. The topological polar surface area (TPSA) is 68.8 Å². The number of nitrogens with two attached hydrogens (primary N) is 1. The molecule has 2 atom stereocenters. The highest BCUT2D eigenvalue weighted by Gasteiger charge is 2.33. The van der Waals surface area contributed by atoms with E-state index in [4.69, 9.17) is 5.84 Å². The van der Waals surface area contributed by atoms with Gasteiger partial charge in [-0.3, -0.25) is 10.8 Å². The summed E-state index contributed by atoms with van der Waals surface area (Å²) >= 11 is 0. The van der Waals surface area contributed by atoms with Crippen molar-refractivity contribution in [1.29, 1.82) is 0 Å². The maximum Gasteiger partial charge on any atom is 0.127 e. The van der Waals surface area contributed by atoms with E-state index in [2.05, 4.69) is 21.5 Å². The molecular weight excluding hydrogens is 226 g/mol. The van der Waals surface area contributed by atoms with Crippen LogP contribution in [0.5, 0.6) is 0 Å². The number of hydrogen-bond donors (Lipinski definition) is 2. The third kappa shape index (κ3) is 1.72. The van der Waals surface area contributed by atoms with Gasteiger partial charge in [-0.25, -0.2) is 10.4 Å². The molecule has 0 fully saturated rings. The van der Waals surface area contributed by atoms with E-state index in [-0.39, 0.29) is 6.04 Å². The molecule has 0 aliphatic heterocycles. The van der Waals surface area contributed by atoms with Gasteiger partial charge in [-0.1, -0.05) is 6.07 Å². The molecule has 2 unspecified atom stereocenters. The Morgan fingerprint density at radius 2 is 2.33 bits per heavy atom. The first-order valence-corrected chi connectivity index (χ1v) is 6.18. The lowest BCUT2D eigenvalue weighted by Gasteiger charge is -2.22. The Morgan fingerprint density at radius 1 is 1.44 bits per heavy atom. The van der Waals surface area contributed by atoms with Gasteiger partial charge in [-0.15, -0.1) is 0 Å². The summed E-state index contributed by atoms with van der Waals surface area (Å²) in [6, 6.07) is 4.16. The number of pyridine rings is 1. The summed E-state index contributed by atoms with van der Waals surface area (Å²) in [5, 5.41) is 0. The first kappa shape index (κ1) is 11.4. The van der Waals surface area contributed by atoms with E-state index in [1.165, 1.54) is 5.56 Å². The van der Waals surface area contributed by atoms with Crippen LogP contribution in [0.3, 0.4) is 0 Å². The fraction of sp³-hybridized carbons (Fsp3) is 0.385. The third-order valence-corrected chi connectivity index (χ3v) is 3.72. The second-order valence-electron chi connectivity index (χ2n) is 4.73. The SMILES string of the molecule is Cn1ccnc1C(NN)C1CCc2cccnc21. The first-order chi connectivity index (χ1) is 8.81. The summed E-state index contributed by atoms with van der Waals surface area (Å²) in [4.78, 5) is 8.91. The van der Waals surface area contributed by atoms with Crippen molar-refractivity contribution in [3.63, 3.8) is 0 Å². The van der Waals surface area contributed by atoms with Crippen LogP contribution in [0.2, 0.25) is 0 Å². The molecule has 0 saturated carbocycles.